The van der Waals surface area contributed by atoms with Crippen molar-refractivity contribution >= 4 is 34.8 Å². The molecule has 1 aliphatic heterocycles. The van der Waals surface area contributed by atoms with Crippen LogP contribution in [0.1, 0.15) is 38.4 Å². The second kappa shape index (κ2) is 9.51. The maximum Gasteiger partial charge on any atom is 0.411 e. The Morgan fingerprint density at radius 2 is 1.85 bits per heavy atom. The largest absolute Gasteiger partial charge is 0.469 e. The molecule has 0 radical (unpaired) electrons. The minimum absolute atomic E-state index is 0.122. The third-order valence-electron chi connectivity index (χ3n) is 5.34. The Kier molecular flexibility index (Phi) is 6.95. The first-order valence-electron chi connectivity index (χ1n) is 10.6. The third-order valence-corrected chi connectivity index (χ3v) is 5.34. The summed E-state index contributed by atoms with van der Waals surface area (Å²) < 4.78 is 14.9. The summed E-state index contributed by atoms with van der Waals surface area (Å²) in [5.74, 6) is -2.07. The number of hydrogen-bond donors (Lipinski definition) is 2. The van der Waals surface area contributed by atoms with Crippen LogP contribution in [0.15, 0.2) is 24.3 Å². The molecule has 0 bridgehead atoms. The fourth-order valence-electron chi connectivity index (χ4n) is 3.81. The van der Waals surface area contributed by atoms with Crippen LogP contribution in [0.25, 0.3) is 10.9 Å². The van der Waals surface area contributed by atoms with Gasteiger partial charge < -0.3 is 24.5 Å². The summed E-state index contributed by atoms with van der Waals surface area (Å²) in [6.45, 7) is 5.34. The number of aromatic nitrogens is 1. The molecule has 1 aliphatic rings. The number of benzene rings is 1. The predicted molar refractivity (Wildman–Crippen MR) is 118 cm³/mol. The van der Waals surface area contributed by atoms with Gasteiger partial charge in [0.2, 0.25) is 5.91 Å². The van der Waals surface area contributed by atoms with Crippen molar-refractivity contribution in [1.82, 2.24) is 15.2 Å². The van der Waals surface area contributed by atoms with E-state index in [9.17, 15) is 19.2 Å². The van der Waals surface area contributed by atoms with Gasteiger partial charge in [0, 0.05) is 23.0 Å². The first kappa shape index (κ1) is 24.1. The average Bonchev–Trinajstić information content (AvgIpc) is 3.13. The molecule has 3 rings (SSSR count). The van der Waals surface area contributed by atoms with Gasteiger partial charge in [-0.3, -0.25) is 14.5 Å². The number of nitrogens with one attached hydrogen (secondary N) is 2. The van der Waals surface area contributed by atoms with Crippen molar-refractivity contribution in [2.45, 2.75) is 57.8 Å². The van der Waals surface area contributed by atoms with Crippen LogP contribution in [0.4, 0.5) is 4.79 Å². The summed E-state index contributed by atoms with van der Waals surface area (Å²) >= 11 is 0. The van der Waals surface area contributed by atoms with Crippen LogP contribution in [0.2, 0.25) is 0 Å². The molecular formula is C23H29N3O7. The number of rotatable bonds is 5. The van der Waals surface area contributed by atoms with E-state index in [0.717, 1.165) is 29.3 Å². The highest BCUT2D eigenvalue weighted by molar-refractivity contribution is 5.93. The summed E-state index contributed by atoms with van der Waals surface area (Å²) in [5.41, 5.74) is 1.85. The monoisotopic (exact) mass is 459 g/mol. The lowest BCUT2D eigenvalue weighted by atomic mass is 9.96. The molecule has 10 heteroatoms. The number of fused-ring (bicyclic) bond motifs is 3. The lowest BCUT2D eigenvalue weighted by molar-refractivity contribution is -0.151. The number of amides is 2. The van der Waals surface area contributed by atoms with Crippen LogP contribution in [-0.4, -0.2) is 65.7 Å². The molecule has 0 fully saturated rings. The van der Waals surface area contributed by atoms with Gasteiger partial charge in [0.1, 0.15) is 17.7 Å². The minimum atomic E-state index is -1.25. The lowest BCUT2D eigenvalue weighted by Crippen LogP contribution is -2.56. The smallest absolute Gasteiger partial charge is 0.411 e. The number of ether oxygens (including phenoxy) is 3. The fourth-order valence-corrected chi connectivity index (χ4v) is 3.81. The van der Waals surface area contributed by atoms with Gasteiger partial charge in [-0.2, -0.15) is 0 Å². The zero-order valence-electron chi connectivity index (χ0n) is 19.4. The molecule has 1 aromatic carbocycles. The van der Waals surface area contributed by atoms with Gasteiger partial charge in [0.25, 0.3) is 0 Å². The van der Waals surface area contributed by atoms with Crippen LogP contribution >= 0.6 is 0 Å². The van der Waals surface area contributed by atoms with Crippen LogP contribution in [0, 0.1) is 0 Å². The summed E-state index contributed by atoms with van der Waals surface area (Å²) in [7, 11) is 2.34. The highest BCUT2D eigenvalue weighted by Gasteiger charge is 2.40. The summed E-state index contributed by atoms with van der Waals surface area (Å²) in [6.07, 6.45) is -0.849. The Morgan fingerprint density at radius 3 is 2.48 bits per heavy atom. The number of hydrogen-bond acceptors (Lipinski definition) is 7. The molecule has 2 aromatic rings. The van der Waals surface area contributed by atoms with E-state index in [-0.39, 0.29) is 13.0 Å². The van der Waals surface area contributed by atoms with Crippen LogP contribution in [0.3, 0.4) is 0 Å². The Balaban J connectivity index is 1.93. The maximum absolute atomic E-state index is 13.3. The minimum Gasteiger partial charge on any atom is -0.469 e. The molecule has 1 aromatic heterocycles. The number of carbonyl (C=O) groups excluding carboxylic acids is 4. The van der Waals surface area contributed by atoms with Crippen LogP contribution in [0.5, 0.6) is 0 Å². The Hall–Kier alpha value is -3.56. The molecule has 2 N–H and O–H groups in total. The topological polar surface area (TPSA) is 127 Å². The first-order chi connectivity index (χ1) is 15.5. The van der Waals surface area contributed by atoms with Crippen molar-refractivity contribution in [1.29, 1.82) is 0 Å². The molecule has 0 aliphatic carbocycles. The van der Waals surface area contributed by atoms with Crippen LogP contribution < -0.4 is 5.32 Å². The SMILES string of the molecule is COC(=O)C[C@H](NC(=O)[C@@H]1Cc2c([nH]c3ccccc23)CN1C(=O)OC(C)(C)C)C(=O)OC. The van der Waals surface area contributed by atoms with Crippen molar-refractivity contribution < 1.29 is 33.4 Å². The summed E-state index contributed by atoms with van der Waals surface area (Å²) in [6, 6.07) is 5.45. The average molecular weight is 459 g/mol. The summed E-state index contributed by atoms with van der Waals surface area (Å²) in [5, 5.41) is 3.50. The Bertz CT molecular complexity index is 1070. The van der Waals surface area contributed by atoms with E-state index in [1.54, 1.807) is 20.8 Å². The molecular weight excluding hydrogens is 430 g/mol. The molecule has 0 saturated carbocycles. The Labute approximate surface area is 191 Å². The van der Waals surface area contributed by atoms with Crippen LogP contribution in [-0.2, 0) is 41.6 Å². The van der Waals surface area contributed by atoms with E-state index in [1.807, 2.05) is 24.3 Å². The molecule has 33 heavy (non-hydrogen) atoms. The number of methoxy groups -OCH3 is 2. The number of H-pyrrole nitrogens is 1. The van der Waals surface area contributed by atoms with Crippen molar-refractivity contribution in [2.24, 2.45) is 0 Å². The molecule has 0 saturated heterocycles. The fraction of sp³-hybridized carbons (Fsp3) is 0.478. The highest BCUT2D eigenvalue weighted by atomic mass is 16.6. The second-order valence-corrected chi connectivity index (χ2v) is 8.82. The third kappa shape index (κ3) is 5.44. The molecule has 2 amide bonds. The predicted octanol–water partition coefficient (Wildman–Crippen LogP) is 2.05. The molecule has 0 unspecified atom stereocenters. The van der Waals surface area contributed by atoms with E-state index in [2.05, 4.69) is 15.0 Å². The second-order valence-electron chi connectivity index (χ2n) is 8.82. The molecule has 0 spiro atoms. The normalized spacial score (nSPS) is 16.5. The zero-order valence-corrected chi connectivity index (χ0v) is 19.4. The van der Waals surface area contributed by atoms with Crippen molar-refractivity contribution in [3.8, 4) is 0 Å². The van der Waals surface area contributed by atoms with E-state index in [1.165, 1.54) is 12.0 Å². The van der Waals surface area contributed by atoms with E-state index >= 15 is 0 Å². The summed E-state index contributed by atoms with van der Waals surface area (Å²) in [4.78, 5) is 54.8. The maximum atomic E-state index is 13.3. The van der Waals surface area contributed by atoms with Crippen molar-refractivity contribution in [3.63, 3.8) is 0 Å². The van der Waals surface area contributed by atoms with E-state index < -0.39 is 48.0 Å². The number of para-hydroxylation sites is 1. The highest BCUT2D eigenvalue weighted by Crippen LogP contribution is 2.31. The molecule has 178 valence electrons. The first-order valence-corrected chi connectivity index (χ1v) is 10.6. The molecule has 2 heterocycles. The Morgan fingerprint density at radius 1 is 1.15 bits per heavy atom. The molecule has 10 nitrogen and oxygen atoms in total. The molecule has 2 atom stereocenters. The van der Waals surface area contributed by atoms with Gasteiger partial charge >= 0.3 is 18.0 Å². The van der Waals surface area contributed by atoms with Gasteiger partial charge in [-0.05, 0) is 32.4 Å². The standard InChI is InChI=1S/C23H29N3O7/c1-23(2,3)33-22(30)26-12-17-14(13-8-6-7-9-15(13)24-17)10-18(26)20(28)25-16(21(29)32-5)11-19(27)31-4/h6-9,16,18,24H,10-12H2,1-5H3,(H,25,28)/t16-,18-/m0/s1. The number of nitrogens with zero attached hydrogens (tertiary/aromatic N) is 1. The number of aromatic amines is 1. The van der Waals surface area contributed by atoms with Crippen molar-refractivity contribution in [2.75, 3.05) is 14.2 Å². The van der Waals surface area contributed by atoms with Gasteiger partial charge in [-0.15, -0.1) is 0 Å². The quantitative estimate of drug-likeness (QED) is 0.517. The van der Waals surface area contributed by atoms with E-state index in [4.69, 9.17) is 9.47 Å². The van der Waals surface area contributed by atoms with Gasteiger partial charge in [0.15, 0.2) is 0 Å². The van der Waals surface area contributed by atoms with Crippen molar-refractivity contribution in [3.05, 3.63) is 35.5 Å². The zero-order chi connectivity index (χ0) is 24.3. The number of carbonyl (C=O) groups is 4. The van der Waals surface area contributed by atoms with Gasteiger partial charge in [0.05, 0.1) is 27.2 Å². The van der Waals surface area contributed by atoms with Gasteiger partial charge in [-0.25, -0.2) is 9.59 Å². The lowest BCUT2D eigenvalue weighted by Gasteiger charge is -2.36. The number of esters is 2. The van der Waals surface area contributed by atoms with E-state index in [0.29, 0.717) is 0 Å². The van der Waals surface area contributed by atoms with Gasteiger partial charge in [-0.1, -0.05) is 18.2 Å².